The first-order chi connectivity index (χ1) is 7.33. The number of H-pyrrole nitrogens is 1. The number of carbonyl (C=O) groups is 1. The molecule has 2 saturated carbocycles. The molecule has 3 atom stereocenters. The van der Waals surface area contributed by atoms with Crippen LogP contribution in [0.1, 0.15) is 31.5 Å². The lowest BCUT2D eigenvalue weighted by molar-refractivity contribution is -0.123. The van der Waals surface area contributed by atoms with Gasteiger partial charge >= 0.3 is 0 Å². The SMILES string of the molecule is O=C(Cc1ncc[nH]1)C1CC2CCC1C2. The number of aromatic amines is 1. The number of nitrogens with zero attached hydrogens (tertiary/aromatic N) is 1. The topological polar surface area (TPSA) is 45.8 Å². The molecule has 3 nitrogen and oxygen atoms in total. The smallest absolute Gasteiger partial charge is 0.143 e. The summed E-state index contributed by atoms with van der Waals surface area (Å²) in [5, 5.41) is 0. The first-order valence-electron chi connectivity index (χ1n) is 5.84. The maximum Gasteiger partial charge on any atom is 0.143 e. The van der Waals surface area contributed by atoms with Gasteiger partial charge < -0.3 is 4.98 Å². The van der Waals surface area contributed by atoms with Crippen molar-refractivity contribution in [3.63, 3.8) is 0 Å². The Balaban J connectivity index is 1.66. The number of nitrogens with one attached hydrogen (secondary N) is 1. The fraction of sp³-hybridized carbons (Fsp3) is 0.667. The van der Waals surface area contributed by atoms with Crippen LogP contribution in [0.5, 0.6) is 0 Å². The lowest BCUT2D eigenvalue weighted by Gasteiger charge is -2.19. The van der Waals surface area contributed by atoms with E-state index in [-0.39, 0.29) is 0 Å². The van der Waals surface area contributed by atoms with E-state index >= 15 is 0 Å². The Morgan fingerprint density at radius 1 is 1.47 bits per heavy atom. The second-order valence-electron chi connectivity index (χ2n) is 4.96. The summed E-state index contributed by atoms with van der Waals surface area (Å²) in [6.45, 7) is 0. The zero-order valence-electron chi connectivity index (χ0n) is 8.78. The summed E-state index contributed by atoms with van der Waals surface area (Å²) in [7, 11) is 0. The van der Waals surface area contributed by atoms with Gasteiger partial charge in [-0.1, -0.05) is 6.42 Å². The number of hydrogen-bond acceptors (Lipinski definition) is 2. The van der Waals surface area contributed by atoms with Crippen LogP contribution in [0.2, 0.25) is 0 Å². The first-order valence-corrected chi connectivity index (χ1v) is 5.84. The molecule has 0 spiro atoms. The van der Waals surface area contributed by atoms with E-state index < -0.39 is 0 Å². The fourth-order valence-electron chi connectivity index (χ4n) is 3.33. The van der Waals surface area contributed by atoms with Gasteiger partial charge in [0.05, 0.1) is 6.42 Å². The molecule has 0 aromatic carbocycles. The molecule has 0 aliphatic heterocycles. The highest BCUT2D eigenvalue weighted by Gasteiger charge is 2.42. The highest BCUT2D eigenvalue weighted by molar-refractivity contribution is 5.83. The summed E-state index contributed by atoms with van der Waals surface area (Å²) >= 11 is 0. The summed E-state index contributed by atoms with van der Waals surface area (Å²) in [6.07, 6.45) is 9.07. The average molecular weight is 204 g/mol. The molecule has 1 N–H and O–H groups in total. The van der Waals surface area contributed by atoms with Crippen LogP contribution in [0.25, 0.3) is 0 Å². The largest absolute Gasteiger partial charge is 0.348 e. The lowest BCUT2D eigenvalue weighted by atomic mass is 9.84. The van der Waals surface area contributed by atoms with Crippen molar-refractivity contribution in [3.05, 3.63) is 18.2 Å². The molecule has 0 radical (unpaired) electrons. The number of aromatic nitrogens is 2. The molecule has 1 aromatic rings. The molecule has 1 heterocycles. The van der Waals surface area contributed by atoms with Crippen LogP contribution in [-0.2, 0) is 11.2 Å². The fourth-order valence-corrected chi connectivity index (χ4v) is 3.33. The van der Waals surface area contributed by atoms with Crippen LogP contribution >= 0.6 is 0 Å². The number of imidazole rings is 1. The van der Waals surface area contributed by atoms with Crippen LogP contribution in [0.3, 0.4) is 0 Å². The third kappa shape index (κ3) is 1.60. The Bertz CT molecular complexity index is 358. The Labute approximate surface area is 89.3 Å². The third-order valence-corrected chi connectivity index (χ3v) is 4.05. The Hall–Kier alpha value is -1.12. The van der Waals surface area contributed by atoms with Crippen molar-refractivity contribution < 1.29 is 4.79 Å². The summed E-state index contributed by atoms with van der Waals surface area (Å²) in [4.78, 5) is 19.2. The quantitative estimate of drug-likeness (QED) is 0.818. The first kappa shape index (κ1) is 9.13. The van der Waals surface area contributed by atoms with Crippen LogP contribution < -0.4 is 0 Å². The molecule has 2 bridgehead atoms. The van der Waals surface area contributed by atoms with Gasteiger partial charge in [-0.25, -0.2) is 4.98 Å². The Morgan fingerprint density at radius 2 is 2.40 bits per heavy atom. The number of fused-ring (bicyclic) bond motifs is 2. The minimum atomic E-state index is 0.342. The van der Waals surface area contributed by atoms with Crippen LogP contribution in [-0.4, -0.2) is 15.8 Å². The van der Waals surface area contributed by atoms with E-state index in [0.717, 1.165) is 18.2 Å². The van der Waals surface area contributed by atoms with Gasteiger partial charge in [-0.2, -0.15) is 0 Å². The molecule has 2 aliphatic carbocycles. The van der Waals surface area contributed by atoms with Gasteiger partial charge in [0.2, 0.25) is 0 Å². The van der Waals surface area contributed by atoms with Gasteiger partial charge in [0.1, 0.15) is 11.6 Å². The van der Waals surface area contributed by atoms with Crippen molar-refractivity contribution in [1.82, 2.24) is 9.97 Å². The number of carbonyl (C=O) groups excluding carboxylic acids is 1. The van der Waals surface area contributed by atoms with Crippen LogP contribution in [0, 0.1) is 17.8 Å². The molecular formula is C12H16N2O. The molecule has 1 aromatic heterocycles. The minimum absolute atomic E-state index is 0.342. The predicted octanol–water partition coefficient (Wildman–Crippen LogP) is 1.96. The van der Waals surface area contributed by atoms with Crippen molar-refractivity contribution >= 4 is 5.78 Å². The van der Waals surface area contributed by atoms with Crippen molar-refractivity contribution in [1.29, 1.82) is 0 Å². The molecular weight excluding hydrogens is 188 g/mol. The highest BCUT2D eigenvalue weighted by Crippen LogP contribution is 2.48. The van der Waals surface area contributed by atoms with E-state index in [1.54, 1.807) is 12.4 Å². The molecule has 0 amide bonds. The van der Waals surface area contributed by atoms with E-state index in [2.05, 4.69) is 9.97 Å². The van der Waals surface area contributed by atoms with E-state index in [4.69, 9.17) is 0 Å². The predicted molar refractivity (Wildman–Crippen MR) is 56.2 cm³/mol. The van der Waals surface area contributed by atoms with Gasteiger partial charge in [0.25, 0.3) is 0 Å². The van der Waals surface area contributed by atoms with Crippen molar-refractivity contribution in [2.45, 2.75) is 32.1 Å². The second kappa shape index (κ2) is 3.47. The zero-order chi connectivity index (χ0) is 10.3. The van der Waals surface area contributed by atoms with Gasteiger partial charge in [-0.3, -0.25) is 4.79 Å². The summed E-state index contributed by atoms with van der Waals surface area (Å²) in [5.74, 6) is 3.10. The van der Waals surface area contributed by atoms with Gasteiger partial charge in [-0.05, 0) is 31.1 Å². The summed E-state index contributed by atoms with van der Waals surface area (Å²) in [6, 6.07) is 0. The van der Waals surface area contributed by atoms with Gasteiger partial charge in [0.15, 0.2) is 0 Å². The van der Waals surface area contributed by atoms with Gasteiger partial charge in [0, 0.05) is 18.3 Å². The molecule has 15 heavy (non-hydrogen) atoms. The maximum absolute atomic E-state index is 12.0. The minimum Gasteiger partial charge on any atom is -0.348 e. The van der Waals surface area contributed by atoms with E-state index in [0.29, 0.717) is 24.0 Å². The molecule has 80 valence electrons. The van der Waals surface area contributed by atoms with E-state index in [1.165, 1.54) is 19.3 Å². The molecule has 2 fully saturated rings. The average Bonchev–Trinajstić information content (AvgIpc) is 2.93. The maximum atomic E-state index is 12.0. The van der Waals surface area contributed by atoms with Crippen LogP contribution in [0.4, 0.5) is 0 Å². The van der Waals surface area contributed by atoms with E-state index in [1.807, 2.05) is 0 Å². The number of hydrogen-bond donors (Lipinski definition) is 1. The standard InChI is InChI=1S/C12H16N2O/c15-11(7-12-13-3-4-14-12)10-6-8-1-2-9(10)5-8/h3-4,8-10H,1-2,5-7H2,(H,13,14). The Morgan fingerprint density at radius 3 is 3.00 bits per heavy atom. The molecule has 2 aliphatic rings. The van der Waals surface area contributed by atoms with Crippen molar-refractivity contribution in [2.24, 2.45) is 17.8 Å². The summed E-state index contributed by atoms with van der Waals surface area (Å²) in [5.41, 5.74) is 0. The molecule has 3 unspecified atom stereocenters. The summed E-state index contributed by atoms with van der Waals surface area (Å²) < 4.78 is 0. The molecule has 3 rings (SSSR count). The molecule has 3 heteroatoms. The Kier molecular flexibility index (Phi) is 2.11. The monoisotopic (exact) mass is 204 g/mol. The van der Waals surface area contributed by atoms with Crippen LogP contribution in [0.15, 0.2) is 12.4 Å². The lowest BCUT2D eigenvalue weighted by Crippen LogP contribution is -2.22. The third-order valence-electron chi connectivity index (χ3n) is 4.05. The van der Waals surface area contributed by atoms with Crippen molar-refractivity contribution in [2.75, 3.05) is 0 Å². The number of rotatable bonds is 3. The van der Waals surface area contributed by atoms with Crippen molar-refractivity contribution in [3.8, 4) is 0 Å². The second-order valence-corrected chi connectivity index (χ2v) is 4.96. The number of Topliss-reactive ketones (excluding diaryl/α,β-unsaturated/α-hetero) is 1. The van der Waals surface area contributed by atoms with Gasteiger partial charge in [-0.15, -0.1) is 0 Å². The highest BCUT2D eigenvalue weighted by atomic mass is 16.1. The molecule has 0 saturated heterocycles. The normalized spacial score (nSPS) is 33.5. The zero-order valence-corrected chi connectivity index (χ0v) is 8.78. The number of ketones is 1. The van der Waals surface area contributed by atoms with E-state index in [9.17, 15) is 4.79 Å².